The Balaban J connectivity index is 2.37. The molecule has 0 aromatic heterocycles. The van der Waals surface area contributed by atoms with Crippen molar-refractivity contribution in [2.24, 2.45) is 5.92 Å². The van der Waals surface area contributed by atoms with E-state index < -0.39 is 28.7 Å². The molecule has 0 saturated carbocycles. The number of hydrogen-bond donors (Lipinski definition) is 3. The summed E-state index contributed by atoms with van der Waals surface area (Å²) in [7, 11) is 0. The van der Waals surface area contributed by atoms with Crippen molar-refractivity contribution in [3.63, 3.8) is 0 Å². The highest BCUT2D eigenvalue weighted by Crippen LogP contribution is 2.18. The number of hydrogen-bond acceptors (Lipinski definition) is 5. The first-order valence-electron chi connectivity index (χ1n) is 9.64. The zero-order chi connectivity index (χ0) is 23.8. The Morgan fingerprint density at radius 3 is 2.28 bits per heavy atom. The summed E-state index contributed by atoms with van der Waals surface area (Å²) in [5.41, 5.74) is 0.346. The first-order valence-corrected chi connectivity index (χ1v) is 10.4. The summed E-state index contributed by atoms with van der Waals surface area (Å²) < 4.78 is 0.510. The van der Waals surface area contributed by atoms with Gasteiger partial charge in [-0.15, -0.1) is 0 Å². The molecule has 168 valence electrons. The van der Waals surface area contributed by atoms with Crippen molar-refractivity contribution in [3.8, 4) is 0 Å². The van der Waals surface area contributed by atoms with Crippen molar-refractivity contribution in [3.05, 3.63) is 79.9 Å². The van der Waals surface area contributed by atoms with E-state index in [0.29, 0.717) is 10.0 Å². The fraction of sp³-hybridized carbons (Fsp3) is 0.227. The molecule has 2 aromatic carbocycles. The molecule has 0 aliphatic carbocycles. The van der Waals surface area contributed by atoms with Gasteiger partial charge in [0.1, 0.15) is 11.7 Å². The van der Waals surface area contributed by atoms with Gasteiger partial charge in [-0.2, -0.15) is 0 Å². The minimum absolute atomic E-state index is 0.00775. The SMILES string of the molecule is CC(C)C[C@H](NC(=O)/C(=C/c1ccc([N+](=O)[O-])cc1)NC(=O)c1ccccc1Br)C(=O)O. The fourth-order valence-electron chi connectivity index (χ4n) is 2.78. The van der Waals surface area contributed by atoms with E-state index in [-0.39, 0.29) is 29.3 Å². The topological polar surface area (TPSA) is 139 Å². The lowest BCUT2D eigenvalue weighted by Crippen LogP contribution is -2.45. The highest BCUT2D eigenvalue weighted by atomic mass is 79.9. The van der Waals surface area contributed by atoms with Crippen molar-refractivity contribution < 1.29 is 24.4 Å². The van der Waals surface area contributed by atoms with E-state index in [4.69, 9.17) is 0 Å². The van der Waals surface area contributed by atoms with Crippen molar-refractivity contribution >= 4 is 45.5 Å². The van der Waals surface area contributed by atoms with E-state index in [9.17, 15) is 29.6 Å². The molecule has 2 amide bonds. The third-order valence-corrected chi connectivity index (χ3v) is 5.03. The molecule has 0 aliphatic rings. The minimum atomic E-state index is -1.20. The number of nitro benzene ring substituents is 1. The Kier molecular flexibility index (Phi) is 8.65. The molecule has 32 heavy (non-hydrogen) atoms. The van der Waals surface area contributed by atoms with Crippen LogP contribution in [0.15, 0.2) is 58.7 Å². The molecule has 3 N–H and O–H groups in total. The minimum Gasteiger partial charge on any atom is -0.480 e. The number of nitrogens with one attached hydrogen (secondary N) is 2. The van der Waals surface area contributed by atoms with Gasteiger partial charge in [-0.1, -0.05) is 26.0 Å². The van der Waals surface area contributed by atoms with Crippen LogP contribution in [0.5, 0.6) is 0 Å². The molecule has 0 fully saturated rings. The number of non-ortho nitro benzene ring substituents is 1. The average molecular weight is 504 g/mol. The van der Waals surface area contributed by atoms with Crippen LogP contribution in [0.4, 0.5) is 5.69 Å². The van der Waals surface area contributed by atoms with E-state index in [2.05, 4.69) is 26.6 Å². The highest BCUT2D eigenvalue weighted by Gasteiger charge is 2.24. The number of carboxylic acids is 1. The molecule has 0 radical (unpaired) electrons. The lowest BCUT2D eigenvalue weighted by atomic mass is 10.0. The number of benzene rings is 2. The van der Waals surface area contributed by atoms with Crippen molar-refractivity contribution in [2.75, 3.05) is 0 Å². The standard InChI is InChI=1S/C22H22BrN3O6/c1-13(2)11-19(22(29)30)25-21(28)18(12-14-7-9-15(10-8-14)26(31)32)24-20(27)16-5-3-4-6-17(16)23/h3-10,12-13,19H,11H2,1-2H3,(H,24,27)(H,25,28)(H,29,30)/b18-12-/t19-/m0/s1. The molecule has 0 spiro atoms. The third kappa shape index (κ3) is 7.02. The van der Waals surface area contributed by atoms with E-state index in [1.54, 1.807) is 24.3 Å². The normalized spacial score (nSPS) is 12.2. The molecule has 9 nitrogen and oxygen atoms in total. The molecule has 2 aromatic rings. The molecular weight excluding hydrogens is 482 g/mol. The molecule has 0 heterocycles. The summed E-state index contributed by atoms with van der Waals surface area (Å²) in [6.07, 6.45) is 1.52. The van der Waals surface area contributed by atoms with Crippen LogP contribution in [-0.2, 0) is 9.59 Å². The monoisotopic (exact) mass is 503 g/mol. The number of amides is 2. The number of nitrogens with zero attached hydrogens (tertiary/aromatic N) is 1. The van der Waals surface area contributed by atoms with Gasteiger partial charge < -0.3 is 15.7 Å². The largest absolute Gasteiger partial charge is 0.480 e. The number of carbonyl (C=O) groups excluding carboxylic acids is 2. The Labute approximate surface area is 192 Å². The first-order chi connectivity index (χ1) is 15.1. The van der Waals surface area contributed by atoms with E-state index in [0.717, 1.165) is 0 Å². The average Bonchev–Trinajstić information content (AvgIpc) is 2.72. The Morgan fingerprint density at radius 1 is 1.12 bits per heavy atom. The number of rotatable bonds is 9. The zero-order valence-corrected chi connectivity index (χ0v) is 19.0. The summed E-state index contributed by atoms with van der Waals surface area (Å²) in [6.45, 7) is 3.65. The number of nitro groups is 1. The third-order valence-electron chi connectivity index (χ3n) is 4.34. The summed E-state index contributed by atoms with van der Waals surface area (Å²) in [5, 5.41) is 25.2. The smallest absolute Gasteiger partial charge is 0.326 e. The molecular formula is C22H22BrN3O6. The second-order valence-electron chi connectivity index (χ2n) is 7.33. The molecule has 2 rings (SSSR count). The van der Waals surface area contributed by atoms with Gasteiger partial charge in [0.15, 0.2) is 0 Å². The molecule has 0 aliphatic heterocycles. The van der Waals surface area contributed by atoms with E-state index in [1.165, 1.54) is 30.3 Å². The number of halogens is 1. The van der Waals surface area contributed by atoms with Gasteiger partial charge >= 0.3 is 5.97 Å². The van der Waals surface area contributed by atoms with Crippen LogP contribution in [0.25, 0.3) is 6.08 Å². The van der Waals surface area contributed by atoms with E-state index in [1.807, 2.05) is 13.8 Å². The van der Waals surface area contributed by atoms with Crippen LogP contribution in [0.3, 0.4) is 0 Å². The first kappa shape index (κ1) is 24.7. The van der Waals surface area contributed by atoms with Gasteiger partial charge in [0.05, 0.1) is 10.5 Å². The van der Waals surface area contributed by atoms with Gasteiger partial charge in [-0.3, -0.25) is 19.7 Å². The predicted molar refractivity (Wildman–Crippen MR) is 122 cm³/mol. The van der Waals surface area contributed by atoms with Crippen LogP contribution in [-0.4, -0.2) is 33.9 Å². The predicted octanol–water partition coefficient (Wildman–Crippen LogP) is 3.74. The van der Waals surface area contributed by atoms with Crippen molar-refractivity contribution in [1.82, 2.24) is 10.6 Å². The number of carbonyl (C=O) groups is 3. The number of aliphatic carboxylic acids is 1. The zero-order valence-electron chi connectivity index (χ0n) is 17.4. The van der Waals surface area contributed by atoms with E-state index >= 15 is 0 Å². The fourth-order valence-corrected chi connectivity index (χ4v) is 3.25. The molecule has 0 bridgehead atoms. The van der Waals surface area contributed by atoms with Gasteiger partial charge in [-0.05, 0) is 64.2 Å². The summed E-state index contributed by atoms with van der Waals surface area (Å²) in [4.78, 5) is 47.5. The Morgan fingerprint density at radius 2 is 1.75 bits per heavy atom. The maximum absolute atomic E-state index is 12.9. The van der Waals surface area contributed by atoms with Crippen molar-refractivity contribution in [1.29, 1.82) is 0 Å². The number of carboxylic acid groups (broad SMARTS) is 1. The van der Waals surface area contributed by atoms with Gasteiger partial charge in [0.2, 0.25) is 0 Å². The second-order valence-corrected chi connectivity index (χ2v) is 8.19. The lowest BCUT2D eigenvalue weighted by Gasteiger charge is -2.18. The van der Waals surface area contributed by atoms with Crippen LogP contribution in [0, 0.1) is 16.0 Å². The van der Waals surface area contributed by atoms with Crippen LogP contribution >= 0.6 is 15.9 Å². The van der Waals surface area contributed by atoms with Gasteiger partial charge in [-0.25, -0.2) is 4.79 Å². The van der Waals surface area contributed by atoms with Crippen LogP contribution in [0.1, 0.15) is 36.2 Å². The summed E-state index contributed by atoms with van der Waals surface area (Å²) in [6, 6.07) is 10.8. The molecule has 0 saturated heterocycles. The maximum Gasteiger partial charge on any atom is 0.326 e. The van der Waals surface area contributed by atoms with Crippen molar-refractivity contribution in [2.45, 2.75) is 26.3 Å². The Bertz CT molecular complexity index is 1050. The second kappa shape index (κ2) is 11.2. The molecule has 0 unspecified atom stereocenters. The molecule has 10 heteroatoms. The molecule has 1 atom stereocenters. The summed E-state index contributed by atoms with van der Waals surface area (Å²) in [5.74, 6) is -2.57. The maximum atomic E-state index is 12.9. The lowest BCUT2D eigenvalue weighted by molar-refractivity contribution is -0.384. The highest BCUT2D eigenvalue weighted by molar-refractivity contribution is 9.10. The summed E-state index contributed by atoms with van der Waals surface area (Å²) >= 11 is 3.28. The van der Waals surface area contributed by atoms with Crippen LogP contribution in [0.2, 0.25) is 0 Å². The van der Waals surface area contributed by atoms with Crippen LogP contribution < -0.4 is 10.6 Å². The quantitative estimate of drug-likeness (QED) is 0.270. The van der Waals surface area contributed by atoms with Gasteiger partial charge in [0.25, 0.3) is 17.5 Å². The Hall–Kier alpha value is -3.53. The van der Waals surface area contributed by atoms with Gasteiger partial charge in [0, 0.05) is 16.6 Å².